The molecular weight excluding hydrogens is 310 g/mol. The molecule has 0 heterocycles. The minimum Gasteiger partial charge on any atom is -0.492 e. The van der Waals surface area contributed by atoms with Crippen LogP contribution in [0, 0.1) is 5.92 Å². The number of hydrogen-bond donors (Lipinski definition) is 1. The molecule has 1 aliphatic carbocycles. The Bertz CT molecular complexity index is 472. The van der Waals surface area contributed by atoms with Gasteiger partial charge >= 0.3 is 0 Å². The fourth-order valence-corrected chi connectivity index (χ4v) is 2.41. The van der Waals surface area contributed by atoms with Crippen LogP contribution in [-0.2, 0) is 0 Å². The van der Waals surface area contributed by atoms with Crippen molar-refractivity contribution in [2.75, 3.05) is 20.3 Å². The maximum absolute atomic E-state index is 11.9. The highest BCUT2D eigenvalue weighted by molar-refractivity contribution is 9.10. The number of ether oxygens (including phenoxy) is 2. The molecule has 5 heteroatoms. The zero-order chi connectivity index (χ0) is 13.8. The summed E-state index contributed by atoms with van der Waals surface area (Å²) < 4.78 is 11.8. The van der Waals surface area contributed by atoms with Crippen LogP contribution in [0.15, 0.2) is 16.6 Å². The van der Waals surface area contributed by atoms with Gasteiger partial charge in [-0.25, -0.2) is 0 Å². The average Bonchev–Trinajstić information content (AvgIpc) is 3.20. The van der Waals surface area contributed by atoms with Crippen molar-refractivity contribution in [1.29, 1.82) is 0 Å². The lowest BCUT2D eigenvalue weighted by Crippen LogP contribution is -2.09. The Kier molecular flexibility index (Phi) is 4.82. The molecule has 0 unspecified atom stereocenters. The van der Waals surface area contributed by atoms with Crippen molar-refractivity contribution >= 4 is 21.7 Å². The van der Waals surface area contributed by atoms with E-state index in [0.29, 0.717) is 42.6 Å². The fraction of sp³-hybridized carbons (Fsp3) is 0.500. The number of carbonyl (C=O) groups excluding carboxylic acids is 1. The van der Waals surface area contributed by atoms with Crippen molar-refractivity contribution in [3.8, 4) is 11.5 Å². The monoisotopic (exact) mass is 327 g/mol. The van der Waals surface area contributed by atoms with Crippen LogP contribution in [0.5, 0.6) is 11.5 Å². The molecule has 0 spiro atoms. The summed E-state index contributed by atoms with van der Waals surface area (Å²) in [5.41, 5.74) is 6.02. The van der Waals surface area contributed by atoms with E-state index in [1.165, 1.54) is 12.8 Å². The largest absolute Gasteiger partial charge is 0.492 e. The van der Waals surface area contributed by atoms with Crippen molar-refractivity contribution in [3.05, 3.63) is 22.2 Å². The Hall–Kier alpha value is -1.07. The summed E-state index contributed by atoms with van der Waals surface area (Å²) in [4.78, 5) is 11.9. The molecule has 1 saturated carbocycles. The standard InChI is InChI=1S/C14H18BrNO3/c1-18-14-11(15)6-10(12(17)4-5-16)7-13(14)19-8-9-2-3-9/h6-7,9H,2-5,8,16H2,1H3. The second-order valence-corrected chi connectivity index (χ2v) is 5.56. The van der Waals surface area contributed by atoms with Crippen LogP contribution in [0.25, 0.3) is 0 Å². The third kappa shape index (κ3) is 3.70. The molecule has 1 aromatic rings. The number of hydrogen-bond acceptors (Lipinski definition) is 4. The summed E-state index contributed by atoms with van der Waals surface area (Å²) in [6.45, 7) is 1.03. The normalized spacial score (nSPS) is 14.3. The molecule has 0 bridgehead atoms. The number of rotatable bonds is 7. The number of ketones is 1. The summed E-state index contributed by atoms with van der Waals surface area (Å²) >= 11 is 3.41. The van der Waals surface area contributed by atoms with E-state index in [0.717, 1.165) is 4.47 Å². The van der Waals surface area contributed by atoms with Gasteiger partial charge in [-0.2, -0.15) is 0 Å². The van der Waals surface area contributed by atoms with Gasteiger partial charge in [-0.15, -0.1) is 0 Å². The molecule has 0 amide bonds. The molecule has 0 atom stereocenters. The van der Waals surface area contributed by atoms with Crippen LogP contribution >= 0.6 is 15.9 Å². The Balaban J connectivity index is 2.22. The molecule has 0 aliphatic heterocycles. The van der Waals surface area contributed by atoms with Crippen LogP contribution in [-0.4, -0.2) is 26.0 Å². The van der Waals surface area contributed by atoms with Crippen molar-refractivity contribution < 1.29 is 14.3 Å². The van der Waals surface area contributed by atoms with Crippen LogP contribution in [0.4, 0.5) is 0 Å². The van der Waals surface area contributed by atoms with Gasteiger partial charge in [0.2, 0.25) is 0 Å². The quantitative estimate of drug-likeness (QED) is 0.782. The van der Waals surface area contributed by atoms with Crippen LogP contribution in [0.1, 0.15) is 29.6 Å². The van der Waals surface area contributed by atoms with E-state index >= 15 is 0 Å². The van der Waals surface area contributed by atoms with Gasteiger partial charge in [0.1, 0.15) is 0 Å². The molecule has 2 rings (SSSR count). The second-order valence-electron chi connectivity index (χ2n) is 4.71. The zero-order valence-corrected chi connectivity index (χ0v) is 12.5. The maximum atomic E-state index is 11.9. The molecule has 2 N–H and O–H groups in total. The number of Topliss-reactive ketones (excluding diaryl/α,β-unsaturated/α-hetero) is 1. The first kappa shape index (κ1) is 14.3. The van der Waals surface area contributed by atoms with Gasteiger partial charge in [0.15, 0.2) is 17.3 Å². The molecule has 104 valence electrons. The molecular formula is C14H18BrNO3. The number of carbonyl (C=O) groups is 1. The van der Waals surface area contributed by atoms with Gasteiger partial charge in [0.05, 0.1) is 18.2 Å². The predicted molar refractivity (Wildman–Crippen MR) is 76.9 cm³/mol. The Morgan fingerprint density at radius 1 is 1.47 bits per heavy atom. The summed E-state index contributed by atoms with van der Waals surface area (Å²) in [5.74, 6) is 1.91. The summed E-state index contributed by atoms with van der Waals surface area (Å²) in [6.07, 6.45) is 2.77. The molecule has 0 radical (unpaired) electrons. The van der Waals surface area contributed by atoms with Gasteiger partial charge in [0.25, 0.3) is 0 Å². The van der Waals surface area contributed by atoms with Crippen molar-refractivity contribution in [1.82, 2.24) is 0 Å². The van der Waals surface area contributed by atoms with E-state index < -0.39 is 0 Å². The summed E-state index contributed by atoms with van der Waals surface area (Å²) in [7, 11) is 1.59. The average molecular weight is 328 g/mol. The zero-order valence-electron chi connectivity index (χ0n) is 10.9. The van der Waals surface area contributed by atoms with Crippen molar-refractivity contribution in [2.24, 2.45) is 11.7 Å². The van der Waals surface area contributed by atoms with Crippen LogP contribution in [0.2, 0.25) is 0 Å². The van der Waals surface area contributed by atoms with Crippen LogP contribution in [0.3, 0.4) is 0 Å². The van der Waals surface area contributed by atoms with Gasteiger partial charge in [-0.1, -0.05) is 0 Å². The van der Waals surface area contributed by atoms with E-state index in [1.807, 2.05) is 0 Å². The number of nitrogens with two attached hydrogens (primary N) is 1. The van der Waals surface area contributed by atoms with Crippen molar-refractivity contribution in [2.45, 2.75) is 19.3 Å². The Morgan fingerprint density at radius 3 is 2.79 bits per heavy atom. The third-order valence-corrected chi connectivity index (χ3v) is 3.67. The highest BCUT2D eigenvalue weighted by Gasteiger charge is 2.23. The van der Waals surface area contributed by atoms with Gasteiger partial charge in [-0.3, -0.25) is 4.79 Å². The molecule has 0 saturated heterocycles. The number of methoxy groups -OCH3 is 1. The smallest absolute Gasteiger partial charge is 0.174 e. The van der Waals surface area contributed by atoms with E-state index in [4.69, 9.17) is 15.2 Å². The highest BCUT2D eigenvalue weighted by Crippen LogP contribution is 2.38. The first-order valence-electron chi connectivity index (χ1n) is 6.39. The minimum atomic E-state index is 0.0159. The Labute approximate surface area is 121 Å². The fourth-order valence-electron chi connectivity index (χ4n) is 1.80. The van der Waals surface area contributed by atoms with E-state index in [9.17, 15) is 4.79 Å². The van der Waals surface area contributed by atoms with E-state index in [-0.39, 0.29) is 5.78 Å². The molecule has 19 heavy (non-hydrogen) atoms. The first-order chi connectivity index (χ1) is 9.15. The SMILES string of the molecule is COc1c(Br)cc(C(=O)CCN)cc1OCC1CC1. The second kappa shape index (κ2) is 6.39. The van der Waals surface area contributed by atoms with Crippen LogP contribution < -0.4 is 15.2 Å². The van der Waals surface area contributed by atoms with E-state index in [2.05, 4.69) is 15.9 Å². The third-order valence-electron chi connectivity index (χ3n) is 3.08. The molecule has 4 nitrogen and oxygen atoms in total. The van der Waals surface area contributed by atoms with Gasteiger partial charge in [0, 0.05) is 12.0 Å². The highest BCUT2D eigenvalue weighted by atomic mass is 79.9. The molecule has 0 aromatic heterocycles. The summed E-state index contributed by atoms with van der Waals surface area (Å²) in [5, 5.41) is 0. The topological polar surface area (TPSA) is 61.5 Å². The van der Waals surface area contributed by atoms with E-state index in [1.54, 1.807) is 19.2 Å². The molecule has 1 aliphatic rings. The lowest BCUT2D eigenvalue weighted by atomic mass is 10.1. The Morgan fingerprint density at radius 2 is 2.21 bits per heavy atom. The first-order valence-corrected chi connectivity index (χ1v) is 7.18. The predicted octanol–water partition coefficient (Wildman–Crippen LogP) is 2.78. The lowest BCUT2D eigenvalue weighted by Gasteiger charge is -2.13. The van der Waals surface area contributed by atoms with Gasteiger partial charge < -0.3 is 15.2 Å². The minimum absolute atomic E-state index is 0.0159. The van der Waals surface area contributed by atoms with Gasteiger partial charge in [-0.05, 0) is 53.4 Å². The lowest BCUT2D eigenvalue weighted by molar-refractivity contribution is 0.0985. The number of halogens is 1. The maximum Gasteiger partial charge on any atom is 0.174 e. The molecule has 1 fully saturated rings. The van der Waals surface area contributed by atoms with Crippen molar-refractivity contribution in [3.63, 3.8) is 0 Å². The molecule has 1 aromatic carbocycles. The summed E-state index contributed by atoms with van der Waals surface area (Å²) in [6, 6.07) is 3.49. The number of benzene rings is 1.